The number of nitrogens with zero attached hydrogens (tertiary/aromatic N) is 3. The Morgan fingerprint density at radius 1 is 0.939 bits per heavy atom. The fourth-order valence-electron chi connectivity index (χ4n) is 3.90. The number of ether oxygens (including phenoxy) is 1. The highest BCUT2D eigenvalue weighted by Crippen LogP contribution is 2.29. The zero-order valence-corrected chi connectivity index (χ0v) is 18.0. The molecule has 1 aliphatic rings. The highest BCUT2D eigenvalue weighted by Gasteiger charge is 2.30. The molecule has 1 aromatic heterocycles. The number of hydrogen-bond acceptors (Lipinski definition) is 4. The van der Waals surface area contributed by atoms with Crippen molar-refractivity contribution in [3.05, 3.63) is 89.5 Å². The highest BCUT2D eigenvalue weighted by molar-refractivity contribution is 5.70. The Labute approximate surface area is 190 Å². The van der Waals surface area contributed by atoms with Crippen LogP contribution in [0.2, 0.25) is 0 Å². The fourth-order valence-corrected chi connectivity index (χ4v) is 3.90. The quantitative estimate of drug-likeness (QED) is 0.507. The summed E-state index contributed by atoms with van der Waals surface area (Å²) in [5.41, 5.74) is 1.03. The molecule has 3 aromatic rings. The van der Waals surface area contributed by atoms with E-state index in [9.17, 15) is 18.0 Å². The smallest absolute Gasteiger partial charge is 0.410 e. The van der Waals surface area contributed by atoms with Crippen LogP contribution in [0.15, 0.2) is 67.0 Å². The summed E-state index contributed by atoms with van der Waals surface area (Å²) in [6.45, 7) is 1.25. The molecule has 2 heterocycles. The van der Waals surface area contributed by atoms with Crippen LogP contribution >= 0.6 is 0 Å². The molecule has 0 atom stereocenters. The third-order valence-corrected chi connectivity index (χ3v) is 5.78. The first-order valence-corrected chi connectivity index (χ1v) is 10.8. The van der Waals surface area contributed by atoms with Crippen LogP contribution in [0.5, 0.6) is 5.75 Å². The number of amides is 1. The van der Waals surface area contributed by atoms with Gasteiger partial charge in [-0.25, -0.2) is 14.8 Å². The third-order valence-electron chi connectivity index (χ3n) is 5.78. The monoisotopic (exact) mass is 455 g/mol. The van der Waals surface area contributed by atoms with Crippen molar-refractivity contribution in [3.63, 3.8) is 0 Å². The number of piperidine rings is 1. The molecule has 0 unspecified atom stereocenters. The Hall–Kier alpha value is -3.42. The van der Waals surface area contributed by atoms with E-state index in [1.54, 1.807) is 35.5 Å². The third kappa shape index (κ3) is 6.31. The molecule has 0 spiro atoms. The number of likely N-dealkylation sites (tertiary alicyclic amines) is 1. The summed E-state index contributed by atoms with van der Waals surface area (Å²) in [5.74, 6) is 1.71. The first-order valence-electron chi connectivity index (χ1n) is 10.8. The number of alkyl halides is 3. The Kier molecular flexibility index (Phi) is 6.91. The van der Waals surface area contributed by atoms with Gasteiger partial charge in [-0.3, -0.25) is 0 Å². The van der Waals surface area contributed by atoms with Gasteiger partial charge < -0.3 is 9.64 Å². The van der Waals surface area contributed by atoms with Crippen molar-refractivity contribution in [2.45, 2.75) is 31.9 Å². The maximum absolute atomic E-state index is 12.7. The number of halogens is 3. The van der Waals surface area contributed by atoms with Crippen molar-refractivity contribution >= 4 is 6.09 Å². The summed E-state index contributed by atoms with van der Waals surface area (Å²) >= 11 is 0. The SMILES string of the molecule is O=C(Oc1ccc(Cc2ccc(C(F)(F)F)cc2)cc1)N1CCC(Cc2ncccn2)CC1. The van der Waals surface area contributed by atoms with Crippen LogP contribution in [0.25, 0.3) is 0 Å². The summed E-state index contributed by atoms with van der Waals surface area (Å²) in [5, 5.41) is 0. The van der Waals surface area contributed by atoms with Crippen LogP contribution in [-0.2, 0) is 19.0 Å². The van der Waals surface area contributed by atoms with E-state index < -0.39 is 11.7 Å². The normalized spacial score (nSPS) is 14.8. The van der Waals surface area contributed by atoms with Gasteiger partial charge in [-0.1, -0.05) is 24.3 Å². The van der Waals surface area contributed by atoms with Gasteiger partial charge in [0.25, 0.3) is 0 Å². The van der Waals surface area contributed by atoms with E-state index in [1.165, 1.54) is 12.1 Å². The van der Waals surface area contributed by atoms with Crippen LogP contribution in [-0.4, -0.2) is 34.1 Å². The molecule has 1 amide bonds. The van der Waals surface area contributed by atoms with Gasteiger partial charge in [0, 0.05) is 31.9 Å². The zero-order chi connectivity index (χ0) is 23.3. The number of carbonyl (C=O) groups is 1. The molecule has 5 nitrogen and oxygen atoms in total. The molecule has 1 saturated heterocycles. The largest absolute Gasteiger partial charge is 0.416 e. The second-order valence-corrected chi connectivity index (χ2v) is 8.18. The van der Waals surface area contributed by atoms with Gasteiger partial charge in [-0.2, -0.15) is 13.2 Å². The number of rotatable bonds is 5. The number of aromatic nitrogens is 2. The summed E-state index contributed by atoms with van der Waals surface area (Å²) in [4.78, 5) is 22.8. The van der Waals surface area contributed by atoms with Gasteiger partial charge in [0.2, 0.25) is 0 Å². The van der Waals surface area contributed by atoms with E-state index >= 15 is 0 Å². The molecular weight excluding hydrogens is 431 g/mol. The lowest BCUT2D eigenvalue weighted by Gasteiger charge is -2.30. The van der Waals surface area contributed by atoms with E-state index in [1.807, 2.05) is 12.1 Å². The van der Waals surface area contributed by atoms with Crippen molar-refractivity contribution in [3.8, 4) is 5.75 Å². The van der Waals surface area contributed by atoms with E-state index in [4.69, 9.17) is 4.74 Å². The molecule has 1 aliphatic heterocycles. The van der Waals surface area contributed by atoms with Gasteiger partial charge in [0.15, 0.2) is 0 Å². The van der Waals surface area contributed by atoms with E-state index in [-0.39, 0.29) is 6.09 Å². The molecule has 4 rings (SSSR count). The molecule has 0 bridgehead atoms. The minimum Gasteiger partial charge on any atom is -0.410 e. The van der Waals surface area contributed by atoms with Crippen LogP contribution < -0.4 is 4.74 Å². The van der Waals surface area contributed by atoms with Crippen molar-refractivity contribution in [2.24, 2.45) is 5.92 Å². The van der Waals surface area contributed by atoms with Crippen LogP contribution in [0.3, 0.4) is 0 Å². The average Bonchev–Trinajstić information content (AvgIpc) is 2.81. The molecule has 2 aromatic carbocycles. The molecule has 0 aliphatic carbocycles. The minimum absolute atomic E-state index is 0.375. The van der Waals surface area contributed by atoms with Gasteiger partial charge in [-0.05, 0) is 66.6 Å². The lowest BCUT2D eigenvalue weighted by molar-refractivity contribution is -0.137. The van der Waals surface area contributed by atoms with Crippen LogP contribution in [0.1, 0.15) is 35.4 Å². The molecule has 1 fully saturated rings. The maximum Gasteiger partial charge on any atom is 0.416 e. The number of carbonyl (C=O) groups excluding carboxylic acids is 1. The second-order valence-electron chi connectivity index (χ2n) is 8.18. The van der Waals surface area contributed by atoms with E-state index in [2.05, 4.69) is 9.97 Å². The molecule has 0 N–H and O–H groups in total. The Morgan fingerprint density at radius 3 is 2.09 bits per heavy atom. The van der Waals surface area contributed by atoms with E-state index in [0.29, 0.717) is 31.2 Å². The summed E-state index contributed by atoms with van der Waals surface area (Å²) in [6.07, 6.45) is 1.82. The molecule has 0 saturated carbocycles. The van der Waals surface area contributed by atoms with Crippen molar-refractivity contribution in [1.82, 2.24) is 14.9 Å². The van der Waals surface area contributed by atoms with E-state index in [0.717, 1.165) is 48.3 Å². The second kappa shape index (κ2) is 10.0. The molecule has 0 radical (unpaired) electrons. The molecule has 172 valence electrons. The summed E-state index contributed by atoms with van der Waals surface area (Å²) < 4.78 is 43.6. The minimum atomic E-state index is -4.34. The Balaban J connectivity index is 1.25. The van der Waals surface area contributed by atoms with Gasteiger partial charge in [0.05, 0.1) is 5.56 Å². The van der Waals surface area contributed by atoms with Gasteiger partial charge in [-0.15, -0.1) is 0 Å². The first-order chi connectivity index (χ1) is 15.9. The Bertz CT molecular complexity index is 1050. The van der Waals surface area contributed by atoms with Crippen molar-refractivity contribution < 1.29 is 22.7 Å². The lowest BCUT2D eigenvalue weighted by Crippen LogP contribution is -2.40. The van der Waals surface area contributed by atoms with Crippen molar-refractivity contribution in [2.75, 3.05) is 13.1 Å². The summed E-state index contributed by atoms with van der Waals surface area (Å²) in [6, 6.07) is 14.0. The standard InChI is InChI=1S/C25H24F3N3O2/c26-25(27,28)21-6-2-18(3-7-21)16-19-4-8-22(9-5-19)33-24(32)31-14-10-20(11-15-31)17-23-29-12-1-13-30-23/h1-9,12-13,20H,10-11,14-17H2. The topological polar surface area (TPSA) is 55.3 Å². The number of benzene rings is 2. The van der Waals surface area contributed by atoms with Gasteiger partial charge in [0.1, 0.15) is 11.6 Å². The first kappa shape index (κ1) is 22.8. The van der Waals surface area contributed by atoms with Crippen LogP contribution in [0, 0.1) is 5.92 Å². The Morgan fingerprint density at radius 2 is 1.52 bits per heavy atom. The van der Waals surface area contributed by atoms with Gasteiger partial charge >= 0.3 is 12.3 Å². The predicted octanol–water partition coefficient (Wildman–Crippen LogP) is 5.54. The zero-order valence-electron chi connectivity index (χ0n) is 18.0. The van der Waals surface area contributed by atoms with Crippen molar-refractivity contribution in [1.29, 1.82) is 0 Å². The van der Waals surface area contributed by atoms with Crippen LogP contribution in [0.4, 0.5) is 18.0 Å². The highest BCUT2D eigenvalue weighted by atomic mass is 19.4. The fraction of sp³-hybridized carbons (Fsp3) is 0.320. The average molecular weight is 455 g/mol. The lowest BCUT2D eigenvalue weighted by atomic mass is 9.93. The molecule has 8 heteroatoms. The number of hydrogen-bond donors (Lipinski definition) is 0. The predicted molar refractivity (Wildman–Crippen MR) is 117 cm³/mol. The summed E-state index contributed by atoms with van der Waals surface area (Å²) in [7, 11) is 0. The molecule has 33 heavy (non-hydrogen) atoms. The molecular formula is C25H24F3N3O2. The maximum atomic E-state index is 12.7.